The highest BCUT2D eigenvalue weighted by Gasteiger charge is 2.30. The number of hydrogen-bond donors (Lipinski definition) is 3. The van der Waals surface area contributed by atoms with Gasteiger partial charge in [0.25, 0.3) is 17.7 Å². The van der Waals surface area contributed by atoms with Gasteiger partial charge >= 0.3 is 6.18 Å². The number of carbonyl (C=O) groups is 3. The summed E-state index contributed by atoms with van der Waals surface area (Å²) in [6.45, 7) is 15.6. The van der Waals surface area contributed by atoms with Gasteiger partial charge in [-0.15, -0.1) is 0 Å². The van der Waals surface area contributed by atoms with E-state index in [-0.39, 0.29) is 35.8 Å². The summed E-state index contributed by atoms with van der Waals surface area (Å²) in [6.07, 6.45) is 11.2. The summed E-state index contributed by atoms with van der Waals surface area (Å²) in [7, 11) is 0. The largest absolute Gasteiger partial charge is 0.494 e. The van der Waals surface area contributed by atoms with Crippen molar-refractivity contribution in [2.24, 2.45) is 0 Å². The van der Waals surface area contributed by atoms with Crippen LogP contribution in [0.1, 0.15) is 182 Å². The fourth-order valence-corrected chi connectivity index (χ4v) is 11.4. The third kappa shape index (κ3) is 31.6. The van der Waals surface area contributed by atoms with Crippen LogP contribution in [-0.2, 0) is 6.18 Å². The zero-order valence-corrected chi connectivity index (χ0v) is 61.9. The lowest BCUT2D eigenvalue weighted by Gasteiger charge is -2.18. The normalized spacial score (nSPS) is 11.5. The highest BCUT2D eigenvalue weighted by atomic mass is 35.5. The van der Waals surface area contributed by atoms with Crippen LogP contribution < -0.4 is 30.2 Å². The van der Waals surface area contributed by atoms with Crippen LogP contribution in [0.5, 0.6) is 17.4 Å². The SMILES string of the molecule is CCC(c1ccsc1)c1cnccn1.CCCC(NC(=O)c1ccc(Cl)cn1)c1ccccc1.CCCC(NC(=O)c1ccccc1)c1ccccc1.CCCC(NC(=O)c1ccsc1)c1ccccc1.CCOc1ccc(C(F)(F)F)cc1.CCOc1ccc(F)c(F)c1.CCOc1ccccn1. The van der Waals surface area contributed by atoms with E-state index in [0.717, 1.165) is 91.6 Å². The molecule has 3 N–H and O–H groups in total. The molecule has 0 saturated heterocycles. The van der Waals surface area contributed by atoms with Crippen LogP contribution in [0.15, 0.2) is 259 Å². The van der Waals surface area contributed by atoms with Gasteiger partial charge in [0.15, 0.2) is 11.6 Å². The number of alkyl halides is 3. The molecule has 4 atom stereocenters. The highest BCUT2D eigenvalue weighted by Crippen LogP contribution is 2.31. The monoisotopic (exact) mass is 1480 g/mol. The molecule has 6 aromatic carbocycles. The molecule has 21 heteroatoms. The molecule has 3 amide bonds. The minimum absolute atomic E-state index is 0.00572. The Morgan fingerprint density at radius 3 is 1.39 bits per heavy atom. The first-order valence-corrected chi connectivity index (χ1v) is 36.7. The molecule has 11 aromatic rings. The Labute approximate surface area is 621 Å². The van der Waals surface area contributed by atoms with E-state index in [2.05, 4.69) is 105 Å². The number of nitrogens with zero attached hydrogens (tertiary/aromatic N) is 4. The summed E-state index contributed by atoms with van der Waals surface area (Å²) in [5.41, 5.74) is 7.03. The number of amides is 3. The van der Waals surface area contributed by atoms with Crippen molar-refractivity contribution in [2.45, 2.75) is 124 Å². The molecule has 0 spiro atoms. The first-order chi connectivity index (χ1) is 50.4. The van der Waals surface area contributed by atoms with Crippen molar-refractivity contribution in [3.05, 3.63) is 326 Å². The molecule has 0 aliphatic carbocycles. The smallest absolute Gasteiger partial charge is 0.416 e. The van der Waals surface area contributed by atoms with Gasteiger partial charge in [-0.2, -0.15) is 35.8 Å². The van der Waals surface area contributed by atoms with Crippen molar-refractivity contribution in [1.82, 2.24) is 35.9 Å². The zero-order chi connectivity index (χ0) is 75.2. The average Bonchev–Trinajstić information content (AvgIpc) is 1.57. The summed E-state index contributed by atoms with van der Waals surface area (Å²) in [5, 5.41) is 17.9. The molecular weight excluding hydrogens is 1390 g/mol. The number of thiophene rings is 2. The number of halogens is 6. The summed E-state index contributed by atoms with van der Waals surface area (Å²) < 4.78 is 76.0. The van der Waals surface area contributed by atoms with E-state index in [9.17, 15) is 36.3 Å². The number of nitrogens with one attached hydrogen (secondary N) is 3. The molecule has 0 bridgehead atoms. The van der Waals surface area contributed by atoms with E-state index < -0.39 is 23.4 Å². The summed E-state index contributed by atoms with van der Waals surface area (Å²) >= 11 is 9.05. The average molecular weight is 1480 g/mol. The maximum Gasteiger partial charge on any atom is 0.416 e. The summed E-state index contributed by atoms with van der Waals surface area (Å²) in [4.78, 5) is 52.9. The van der Waals surface area contributed by atoms with Gasteiger partial charge in [-0.05, 0) is 164 Å². The van der Waals surface area contributed by atoms with Gasteiger partial charge in [-0.3, -0.25) is 24.4 Å². The van der Waals surface area contributed by atoms with Crippen molar-refractivity contribution in [3.8, 4) is 17.4 Å². The molecule has 0 aliphatic heterocycles. The Morgan fingerprint density at radius 1 is 0.462 bits per heavy atom. The maximum atomic E-state index is 12.4. The third-order valence-corrected chi connectivity index (χ3v) is 16.6. The summed E-state index contributed by atoms with van der Waals surface area (Å²) in [6, 6.07) is 60.8. The van der Waals surface area contributed by atoms with Gasteiger partial charge in [0.05, 0.1) is 59.8 Å². The van der Waals surface area contributed by atoms with E-state index in [1.54, 1.807) is 67.2 Å². The number of pyridine rings is 2. The van der Waals surface area contributed by atoms with Gasteiger partial charge in [0.1, 0.15) is 17.2 Å². The van der Waals surface area contributed by atoms with Crippen LogP contribution in [0.2, 0.25) is 5.02 Å². The Balaban J connectivity index is 0.000000221. The molecule has 5 heterocycles. The molecule has 13 nitrogen and oxygen atoms in total. The quantitative estimate of drug-likeness (QED) is 0.0496. The van der Waals surface area contributed by atoms with Crippen molar-refractivity contribution in [1.29, 1.82) is 0 Å². The lowest BCUT2D eigenvalue weighted by atomic mass is 9.96. The molecule has 4 unspecified atom stereocenters. The Hall–Kier alpha value is -10.2. The predicted octanol–water partition coefficient (Wildman–Crippen LogP) is 22.0. The minimum Gasteiger partial charge on any atom is -0.494 e. The number of rotatable bonds is 24. The molecule has 0 saturated carbocycles. The van der Waals surface area contributed by atoms with Gasteiger partial charge in [0.2, 0.25) is 5.88 Å². The molecule has 548 valence electrons. The van der Waals surface area contributed by atoms with Crippen molar-refractivity contribution >= 4 is 52.0 Å². The van der Waals surface area contributed by atoms with Gasteiger partial charge in [-0.1, -0.05) is 174 Å². The van der Waals surface area contributed by atoms with Crippen molar-refractivity contribution in [3.63, 3.8) is 0 Å². The molecule has 0 fully saturated rings. The van der Waals surface area contributed by atoms with E-state index in [0.29, 0.717) is 59.4 Å². The van der Waals surface area contributed by atoms with E-state index >= 15 is 0 Å². The second kappa shape index (κ2) is 48.7. The lowest BCUT2D eigenvalue weighted by Crippen LogP contribution is -2.29. The number of ether oxygens (including phenoxy) is 3. The Bertz CT molecular complexity index is 4060. The Kier molecular flexibility index (Phi) is 39.6. The fraction of sp³-hybridized carbons (Fsp3) is 0.265. The van der Waals surface area contributed by atoms with Crippen LogP contribution in [0.3, 0.4) is 0 Å². The number of aromatic nitrogens is 4. The Morgan fingerprint density at radius 2 is 0.962 bits per heavy atom. The zero-order valence-electron chi connectivity index (χ0n) is 59.5. The highest BCUT2D eigenvalue weighted by molar-refractivity contribution is 7.08. The van der Waals surface area contributed by atoms with Crippen LogP contribution in [-0.4, -0.2) is 57.5 Å². The van der Waals surface area contributed by atoms with Gasteiger partial charge < -0.3 is 30.2 Å². The second-order valence-corrected chi connectivity index (χ2v) is 24.6. The van der Waals surface area contributed by atoms with Crippen molar-refractivity contribution < 1.29 is 50.5 Å². The molecule has 5 aromatic heterocycles. The number of benzene rings is 6. The topological polar surface area (TPSA) is 167 Å². The first kappa shape index (κ1) is 84.5. The number of carbonyl (C=O) groups excluding carboxylic acids is 3. The van der Waals surface area contributed by atoms with E-state index in [1.807, 2.05) is 145 Å². The lowest BCUT2D eigenvalue weighted by molar-refractivity contribution is -0.137. The standard InChI is InChI=1S/C17H19NO.C16H17ClN2O.C15H17NOS.C11H12N2S.C9H9F3O.C8H8F2O.C7H9NO/c1-2-9-16(14-10-5-3-6-11-14)18-17(19)15-12-7-4-8-13-15;1-2-6-14(12-7-4-3-5-8-12)19-16(20)15-10-9-13(17)11-18-15;1-2-6-14(12-7-4-3-5-8-12)16-15(17)13-9-10-18-11-13;1-2-10(9-3-6-14-8-9)11-7-12-4-5-13-11;1-2-13-8-5-3-7(4-6-8)9(10,11)12;1-2-11-6-3-4-7(9)8(10)5-6;1-2-9-7-5-3-4-6-8-7/h3-8,10-13,16H,2,9H2,1H3,(H,18,19);3-5,7-11,14H,2,6H2,1H3,(H,19,20);3-5,7-11,14H,2,6H2,1H3,(H,16,17);3-8,10H,2H2,1H3;3-6H,2H2,1H3;3-5H,2H2,1H3;3-6H,2H2,1H3. The van der Waals surface area contributed by atoms with Gasteiger partial charge in [-0.25, -0.2) is 18.7 Å². The maximum absolute atomic E-state index is 12.4. The minimum atomic E-state index is -4.27. The van der Waals surface area contributed by atoms with E-state index in [4.69, 9.17) is 25.8 Å². The predicted molar refractivity (Wildman–Crippen MR) is 409 cm³/mol. The number of hydrogen-bond acceptors (Lipinski definition) is 12. The molecular formula is C83H91ClF5N7O6S2. The second-order valence-electron chi connectivity index (χ2n) is 22.6. The van der Waals surface area contributed by atoms with Crippen molar-refractivity contribution in [2.75, 3.05) is 19.8 Å². The van der Waals surface area contributed by atoms with Gasteiger partial charge in [0, 0.05) is 60.0 Å². The molecule has 11 rings (SSSR count). The molecule has 104 heavy (non-hydrogen) atoms. The first-order valence-electron chi connectivity index (χ1n) is 34.4. The summed E-state index contributed by atoms with van der Waals surface area (Å²) in [5.74, 6) is -0.00770. The van der Waals surface area contributed by atoms with Crippen LogP contribution in [0.4, 0.5) is 22.0 Å². The van der Waals surface area contributed by atoms with Crippen LogP contribution in [0.25, 0.3) is 0 Å². The third-order valence-electron chi connectivity index (χ3n) is 15.0. The fourth-order valence-electron chi connectivity index (χ4n) is 9.90. The molecule has 0 radical (unpaired) electrons. The van der Waals surface area contributed by atoms with Crippen LogP contribution >= 0.6 is 34.3 Å². The van der Waals surface area contributed by atoms with Crippen LogP contribution in [0, 0.1) is 11.6 Å². The van der Waals surface area contributed by atoms with E-state index in [1.165, 1.54) is 35.5 Å². The molecule has 0 aliphatic rings.